The molecule has 1 aromatic rings. The molecule has 98 valence electrons. The Morgan fingerprint density at radius 3 is 2.50 bits per heavy atom. The summed E-state index contributed by atoms with van der Waals surface area (Å²) in [7, 11) is 0. The first-order valence-corrected chi connectivity index (χ1v) is 5.76. The third-order valence-corrected chi connectivity index (χ3v) is 2.24. The summed E-state index contributed by atoms with van der Waals surface area (Å²) in [5.74, 6) is -0.195. The van der Waals surface area contributed by atoms with Crippen LogP contribution in [0.25, 0.3) is 0 Å². The number of carbonyl (C=O) groups is 2. The number of hydrogen-bond acceptors (Lipinski definition) is 3. The van der Waals surface area contributed by atoms with Crippen LogP contribution >= 0.6 is 0 Å². The van der Waals surface area contributed by atoms with Crippen molar-refractivity contribution in [1.82, 2.24) is 5.32 Å². The molecule has 0 bridgehead atoms. The van der Waals surface area contributed by atoms with Crippen LogP contribution in [0.3, 0.4) is 0 Å². The number of carboxylic acids is 1. The number of carbonyl (C=O) groups excluding carboxylic acids is 1. The molecule has 0 aliphatic rings. The van der Waals surface area contributed by atoms with Crippen molar-refractivity contribution in [2.24, 2.45) is 0 Å². The number of rotatable bonds is 7. The lowest BCUT2D eigenvalue weighted by atomic mass is 10.1. The van der Waals surface area contributed by atoms with Gasteiger partial charge in [-0.05, 0) is 24.1 Å². The van der Waals surface area contributed by atoms with Gasteiger partial charge in [0.15, 0.2) is 0 Å². The minimum atomic E-state index is -0.848. The molecule has 0 saturated carbocycles. The van der Waals surface area contributed by atoms with Crippen LogP contribution < -0.4 is 10.1 Å². The highest BCUT2D eigenvalue weighted by Crippen LogP contribution is 2.12. The third kappa shape index (κ3) is 5.89. The molecule has 0 heterocycles. The Balaban J connectivity index is 2.26. The Kier molecular flexibility index (Phi) is 5.70. The van der Waals surface area contributed by atoms with E-state index in [-0.39, 0.29) is 12.3 Å². The number of benzene rings is 1. The van der Waals surface area contributed by atoms with E-state index in [0.29, 0.717) is 18.9 Å². The summed E-state index contributed by atoms with van der Waals surface area (Å²) in [6, 6.07) is 6.96. The average molecular weight is 251 g/mol. The van der Waals surface area contributed by atoms with Crippen molar-refractivity contribution in [1.29, 1.82) is 0 Å². The Bertz CT molecular complexity index is 400. The van der Waals surface area contributed by atoms with Crippen LogP contribution in [0.15, 0.2) is 24.3 Å². The number of aliphatic carboxylic acids is 1. The van der Waals surface area contributed by atoms with Crippen LogP contribution in [-0.2, 0) is 16.0 Å². The van der Waals surface area contributed by atoms with Crippen molar-refractivity contribution < 1.29 is 19.4 Å². The van der Waals surface area contributed by atoms with Crippen molar-refractivity contribution in [2.75, 3.05) is 13.2 Å². The van der Waals surface area contributed by atoms with E-state index in [2.05, 4.69) is 5.32 Å². The lowest BCUT2D eigenvalue weighted by molar-refractivity contribution is -0.136. The van der Waals surface area contributed by atoms with Gasteiger partial charge in [0.05, 0.1) is 13.0 Å². The van der Waals surface area contributed by atoms with Crippen molar-refractivity contribution in [2.45, 2.75) is 19.8 Å². The lowest BCUT2D eigenvalue weighted by Gasteiger charge is -2.07. The second-order valence-corrected chi connectivity index (χ2v) is 3.90. The van der Waals surface area contributed by atoms with Crippen LogP contribution in [0.4, 0.5) is 0 Å². The summed E-state index contributed by atoms with van der Waals surface area (Å²) in [6.07, 6.45) is 0.749. The molecule has 0 atom stereocenters. The molecule has 0 aromatic heterocycles. The van der Waals surface area contributed by atoms with Crippen LogP contribution in [0.5, 0.6) is 5.75 Å². The first-order chi connectivity index (χ1) is 8.58. The molecule has 0 saturated heterocycles. The molecule has 0 aliphatic heterocycles. The van der Waals surface area contributed by atoms with E-state index in [9.17, 15) is 9.59 Å². The van der Waals surface area contributed by atoms with Gasteiger partial charge >= 0.3 is 5.97 Å². The third-order valence-electron chi connectivity index (χ3n) is 2.24. The normalized spacial score (nSPS) is 9.83. The summed E-state index contributed by atoms with van der Waals surface area (Å²) >= 11 is 0. The Labute approximate surface area is 106 Å². The molecule has 5 heteroatoms. The van der Waals surface area contributed by atoms with Gasteiger partial charge in [0.2, 0.25) is 5.91 Å². The largest absolute Gasteiger partial charge is 0.494 e. The first kappa shape index (κ1) is 14.0. The predicted molar refractivity (Wildman–Crippen MR) is 66.6 cm³/mol. The van der Waals surface area contributed by atoms with Crippen molar-refractivity contribution >= 4 is 11.9 Å². The van der Waals surface area contributed by atoms with E-state index >= 15 is 0 Å². The lowest BCUT2D eigenvalue weighted by Crippen LogP contribution is -2.22. The van der Waals surface area contributed by atoms with Crippen LogP contribution in [0.1, 0.15) is 18.9 Å². The van der Waals surface area contributed by atoms with Crippen molar-refractivity contribution in [3.63, 3.8) is 0 Å². The van der Waals surface area contributed by atoms with E-state index in [0.717, 1.165) is 12.0 Å². The Morgan fingerprint density at radius 1 is 1.28 bits per heavy atom. The number of nitrogens with one attached hydrogen (secondary N) is 1. The Morgan fingerprint density at radius 2 is 1.94 bits per heavy atom. The van der Waals surface area contributed by atoms with Gasteiger partial charge in [0.25, 0.3) is 0 Å². The molecule has 1 amide bonds. The van der Waals surface area contributed by atoms with E-state index in [1.807, 2.05) is 0 Å². The number of hydrogen-bond donors (Lipinski definition) is 2. The standard InChI is InChI=1S/C13H17NO4/c1-10(15)14-7-2-8-18-12-5-3-11(4-6-12)9-13(16)17/h3-6H,2,7-9H2,1H3,(H,14,15)(H,16,17). The summed E-state index contributed by atoms with van der Waals surface area (Å²) in [5.41, 5.74) is 0.744. The van der Waals surface area contributed by atoms with Gasteiger partial charge in [-0.15, -0.1) is 0 Å². The molecule has 0 spiro atoms. The number of carboxylic acid groups (broad SMARTS) is 1. The molecule has 0 unspecified atom stereocenters. The fourth-order valence-electron chi connectivity index (χ4n) is 1.40. The topological polar surface area (TPSA) is 75.6 Å². The van der Waals surface area contributed by atoms with E-state index in [4.69, 9.17) is 9.84 Å². The SMILES string of the molecule is CC(=O)NCCCOc1ccc(CC(=O)O)cc1. The maximum Gasteiger partial charge on any atom is 0.307 e. The summed E-state index contributed by atoms with van der Waals surface area (Å²) in [5, 5.41) is 11.3. The molecule has 2 N–H and O–H groups in total. The zero-order valence-corrected chi connectivity index (χ0v) is 10.3. The summed E-state index contributed by atoms with van der Waals surface area (Å²) in [6.45, 7) is 2.58. The van der Waals surface area contributed by atoms with E-state index < -0.39 is 5.97 Å². The zero-order chi connectivity index (χ0) is 13.4. The number of ether oxygens (including phenoxy) is 1. The number of amides is 1. The second-order valence-electron chi connectivity index (χ2n) is 3.90. The monoisotopic (exact) mass is 251 g/mol. The predicted octanol–water partition coefficient (Wildman–Crippen LogP) is 1.22. The molecule has 0 fully saturated rings. The van der Waals surface area contributed by atoms with Gasteiger partial charge in [-0.25, -0.2) is 0 Å². The fraction of sp³-hybridized carbons (Fsp3) is 0.385. The zero-order valence-electron chi connectivity index (χ0n) is 10.3. The summed E-state index contributed by atoms with van der Waals surface area (Å²) < 4.78 is 5.45. The highest BCUT2D eigenvalue weighted by molar-refractivity contribution is 5.72. The van der Waals surface area contributed by atoms with Crippen LogP contribution in [0.2, 0.25) is 0 Å². The molecule has 5 nitrogen and oxygen atoms in total. The Hall–Kier alpha value is -2.04. The van der Waals surface area contributed by atoms with Gasteiger partial charge in [0, 0.05) is 13.5 Å². The first-order valence-electron chi connectivity index (χ1n) is 5.76. The van der Waals surface area contributed by atoms with Crippen molar-refractivity contribution in [3.8, 4) is 5.75 Å². The van der Waals surface area contributed by atoms with Gasteiger partial charge in [0.1, 0.15) is 5.75 Å². The highest BCUT2D eigenvalue weighted by Gasteiger charge is 2.00. The smallest absolute Gasteiger partial charge is 0.307 e. The van der Waals surface area contributed by atoms with Gasteiger partial charge in [-0.3, -0.25) is 9.59 Å². The minimum absolute atomic E-state index is 0.0167. The molecule has 0 aliphatic carbocycles. The molecular weight excluding hydrogens is 234 g/mol. The second kappa shape index (κ2) is 7.32. The highest BCUT2D eigenvalue weighted by atomic mass is 16.5. The molecular formula is C13H17NO4. The average Bonchev–Trinajstić information content (AvgIpc) is 2.30. The van der Waals surface area contributed by atoms with E-state index in [1.165, 1.54) is 6.92 Å². The van der Waals surface area contributed by atoms with Gasteiger partial charge < -0.3 is 15.2 Å². The fourth-order valence-corrected chi connectivity index (χ4v) is 1.40. The minimum Gasteiger partial charge on any atom is -0.494 e. The molecule has 18 heavy (non-hydrogen) atoms. The molecule has 1 aromatic carbocycles. The maximum absolute atomic E-state index is 10.6. The van der Waals surface area contributed by atoms with Crippen molar-refractivity contribution in [3.05, 3.63) is 29.8 Å². The molecule has 1 rings (SSSR count). The van der Waals surface area contributed by atoms with Crippen LogP contribution in [0, 0.1) is 0 Å². The maximum atomic E-state index is 10.6. The summed E-state index contributed by atoms with van der Waals surface area (Å²) in [4.78, 5) is 21.1. The molecule has 0 radical (unpaired) electrons. The van der Waals surface area contributed by atoms with Gasteiger partial charge in [-0.2, -0.15) is 0 Å². The van der Waals surface area contributed by atoms with Crippen LogP contribution in [-0.4, -0.2) is 30.1 Å². The van der Waals surface area contributed by atoms with E-state index in [1.54, 1.807) is 24.3 Å². The quantitative estimate of drug-likeness (QED) is 0.714. The van der Waals surface area contributed by atoms with Gasteiger partial charge in [-0.1, -0.05) is 12.1 Å².